The van der Waals surface area contributed by atoms with Gasteiger partial charge in [0.15, 0.2) is 0 Å². The van der Waals surface area contributed by atoms with Crippen LogP contribution in [0.4, 0.5) is 8.78 Å². The van der Waals surface area contributed by atoms with Crippen molar-refractivity contribution in [2.45, 2.75) is 44.6 Å². The number of imidazole rings is 1. The van der Waals surface area contributed by atoms with Crippen LogP contribution < -0.4 is 5.32 Å². The first kappa shape index (κ1) is 18.2. The van der Waals surface area contributed by atoms with Crippen molar-refractivity contribution in [3.05, 3.63) is 54.5 Å². The average Bonchev–Trinajstić information content (AvgIpc) is 3.03. The fourth-order valence-corrected chi connectivity index (χ4v) is 4.96. The second kappa shape index (κ2) is 6.61. The van der Waals surface area contributed by atoms with Gasteiger partial charge in [-0.05, 0) is 31.0 Å². The maximum atomic E-state index is 14.3. The molecule has 2 aliphatic carbocycles. The smallest absolute Gasteiger partial charge is 0.258 e. The fraction of sp³-hybridized carbons (Fsp3) is 0.409. The van der Waals surface area contributed by atoms with E-state index in [4.69, 9.17) is 0 Å². The van der Waals surface area contributed by atoms with Crippen LogP contribution >= 0.6 is 0 Å². The van der Waals surface area contributed by atoms with Gasteiger partial charge in [-0.25, -0.2) is 18.7 Å². The monoisotopic (exact) mass is 396 g/mol. The van der Waals surface area contributed by atoms with Gasteiger partial charge >= 0.3 is 0 Å². The molecule has 1 amide bonds. The highest BCUT2D eigenvalue weighted by Crippen LogP contribution is 2.73. The predicted octanol–water partition coefficient (Wildman–Crippen LogP) is 4.25. The maximum Gasteiger partial charge on any atom is 0.258 e. The number of hydrogen-bond acceptors (Lipinski definition) is 3. The van der Waals surface area contributed by atoms with E-state index in [0.717, 1.165) is 29.4 Å². The number of amides is 1. The lowest BCUT2D eigenvalue weighted by atomic mass is 9.85. The molecule has 2 aliphatic rings. The van der Waals surface area contributed by atoms with E-state index in [9.17, 15) is 13.6 Å². The number of nitrogens with zero attached hydrogens (tertiary/aromatic N) is 3. The summed E-state index contributed by atoms with van der Waals surface area (Å²) in [5.74, 6) is -2.97. The molecule has 0 radical (unpaired) electrons. The van der Waals surface area contributed by atoms with Gasteiger partial charge in [0.25, 0.3) is 5.92 Å². The predicted molar refractivity (Wildman–Crippen MR) is 105 cm³/mol. The van der Waals surface area contributed by atoms with Crippen molar-refractivity contribution < 1.29 is 13.6 Å². The highest BCUT2D eigenvalue weighted by atomic mass is 19.3. The van der Waals surface area contributed by atoms with E-state index in [0.29, 0.717) is 18.7 Å². The summed E-state index contributed by atoms with van der Waals surface area (Å²) in [6.45, 7) is 0.237. The van der Waals surface area contributed by atoms with E-state index in [1.165, 1.54) is 0 Å². The first-order valence-electron chi connectivity index (χ1n) is 10.0. The lowest BCUT2D eigenvalue weighted by Crippen LogP contribution is -2.29. The molecule has 7 heteroatoms. The lowest BCUT2D eigenvalue weighted by Gasteiger charge is -2.20. The minimum Gasteiger partial charge on any atom is -0.352 e. The third-order valence-corrected chi connectivity index (χ3v) is 6.55. The maximum absolute atomic E-state index is 14.3. The number of benzene rings is 1. The van der Waals surface area contributed by atoms with Crippen molar-refractivity contribution in [1.29, 1.82) is 0 Å². The second-order valence-electron chi connectivity index (χ2n) is 8.12. The van der Waals surface area contributed by atoms with Gasteiger partial charge < -0.3 is 5.32 Å². The zero-order valence-electron chi connectivity index (χ0n) is 15.9. The van der Waals surface area contributed by atoms with Crippen molar-refractivity contribution >= 4 is 16.9 Å². The number of carbonyl (C=O) groups is 1. The molecule has 2 fully saturated rings. The number of halogens is 2. The lowest BCUT2D eigenvalue weighted by molar-refractivity contribution is -0.123. The Bertz CT molecular complexity index is 1080. The molecule has 2 heterocycles. The van der Waals surface area contributed by atoms with Crippen LogP contribution in [0.5, 0.6) is 0 Å². The zero-order valence-corrected chi connectivity index (χ0v) is 15.9. The van der Waals surface area contributed by atoms with Crippen LogP contribution in [-0.4, -0.2) is 26.4 Å². The summed E-state index contributed by atoms with van der Waals surface area (Å²) < 4.78 is 30.4. The summed E-state index contributed by atoms with van der Waals surface area (Å²) >= 11 is 0. The Hall–Kier alpha value is -2.83. The summed E-state index contributed by atoms with van der Waals surface area (Å²) in [5.41, 5.74) is 1.46. The van der Waals surface area contributed by atoms with Gasteiger partial charge in [-0.15, -0.1) is 0 Å². The molecule has 2 aromatic heterocycles. The first-order valence-corrected chi connectivity index (χ1v) is 10.0. The quantitative estimate of drug-likeness (QED) is 0.701. The van der Waals surface area contributed by atoms with E-state index < -0.39 is 17.3 Å². The molecule has 1 N–H and O–H groups in total. The van der Waals surface area contributed by atoms with Crippen LogP contribution in [-0.2, 0) is 11.3 Å². The molecule has 0 aliphatic heterocycles. The third-order valence-electron chi connectivity index (χ3n) is 6.55. The molecule has 2 saturated carbocycles. The highest BCUT2D eigenvalue weighted by molar-refractivity contribution is 5.78. The molecule has 0 bridgehead atoms. The minimum absolute atomic E-state index is 0.103. The summed E-state index contributed by atoms with van der Waals surface area (Å²) in [6.07, 6.45) is 5.87. The van der Waals surface area contributed by atoms with Crippen molar-refractivity contribution in [3.63, 3.8) is 0 Å². The Morgan fingerprint density at radius 3 is 2.90 bits per heavy atom. The topological polar surface area (TPSA) is 59.8 Å². The molecule has 0 saturated heterocycles. The highest BCUT2D eigenvalue weighted by Gasteiger charge is 2.80. The molecular formula is C22H22F2N4O. The Labute approximate surface area is 167 Å². The molecule has 0 spiro atoms. The summed E-state index contributed by atoms with van der Waals surface area (Å²) in [5, 5.41) is 2.84. The minimum atomic E-state index is -2.70. The third kappa shape index (κ3) is 2.82. The number of fused-ring (bicyclic) bond motifs is 2. The SMILES string of the molecule is O=C(CC12CCCCC1C2(F)F)NCc1cccnc1-n1cnc2ccccc21. The second-order valence-corrected chi connectivity index (χ2v) is 8.12. The van der Waals surface area contributed by atoms with E-state index in [1.807, 2.05) is 34.9 Å². The van der Waals surface area contributed by atoms with E-state index >= 15 is 0 Å². The number of rotatable bonds is 5. The van der Waals surface area contributed by atoms with Crippen LogP contribution in [0.15, 0.2) is 48.9 Å². The molecule has 1 aromatic carbocycles. The number of hydrogen-bond donors (Lipinski definition) is 1. The van der Waals surface area contributed by atoms with Crippen LogP contribution in [0.1, 0.15) is 37.7 Å². The standard InChI is InChI=1S/C22H22F2N4O/c23-22(24)18-9-3-4-10-21(18,22)12-19(29)26-13-15-6-5-11-25-20(15)28-14-27-16-7-1-2-8-17(16)28/h1-2,5-8,11,14,18H,3-4,9-10,12-13H2,(H,26,29). The molecule has 2 unspecified atom stereocenters. The molecule has 3 aromatic rings. The largest absolute Gasteiger partial charge is 0.352 e. The van der Waals surface area contributed by atoms with Crippen molar-refractivity contribution in [2.24, 2.45) is 11.3 Å². The zero-order chi connectivity index (χ0) is 20.1. The fourth-order valence-electron chi connectivity index (χ4n) is 4.96. The molecule has 150 valence electrons. The van der Waals surface area contributed by atoms with Crippen molar-refractivity contribution in [3.8, 4) is 5.82 Å². The normalized spacial score (nSPS) is 24.8. The van der Waals surface area contributed by atoms with E-state index in [2.05, 4.69) is 15.3 Å². The van der Waals surface area contributed by atoms with E-state index in [-0.39, 0.29) is 18.9 Å². The number of nitrogens with one attached hydrogen (secondary N) is 1. The van der Waals surface area contributed by atoms with Crippen molar-refractivity contribution in [1.82, 2.24) is 19.9 Å². The van der Waals surface area contributed by atoms with Gasteiger partial charge in [-0.1, -0.05) is 31.0 Å². The Morgan fingerprint density at radius 1 is 1.17 bits per heavy atom. The number of alkyl halides is 2. The number of pyridine rings is 1. The van der Waals surface area contributed by atoms with Gasteiger partial charge in [0.2, 0.25) is 5.91 Å². The number of para-hydroxylation sites is 2. The molecule has 2 atom stereocenters. The van der Waals surface area contributed by atoms with Gasteiger partial charge in [0, 0.05) is 30.6 Å². The van der Waals surface area contributed by atoms with Gasteiger partial charge in [0.05, 0.1) is 16.4 Å². The molecule has 5 nitrogen and oxygen atoms in total. The Morgan fingerprint density at radius 2 is 2.03 bits per heavy atom. The first-order chi connectivity index (χ1) is 14.0. The summed E-state index contributed by atoms with van der Waals surface area (Å²) in [7, 11) is 0. The molecular weight excluding hydrogens is 374 g/mol. The average molecular weight is 396 g/mol. The Balaban J connectivity index is 1.33. The van der Waals surface area contributed by atoms with Gasteiger partial charge in [0.1, 0.15) is 12.1 Å². The summed E-state index contributed by atoms with van der Waals surface area (Å²) in [4.78, 5) is 21.4. The van der Waals surface area contributed by atoms with Crippen LogP contribution in [0.25, 0.3) is 16.9 Å². The van der Waals surface area contributed by atoms with Crippen LogP contribution in [0.2, 0.25) is 0 Å². The van der Waals surface area contributed by atoms with Gasteiger partial charge in [-0.3, -0.25) is 9.36 Å². The number of carbonyl (C=O) groups excluding carboxylic acids is 1. The summed E-state index contributed by atoms with van der Waals surface area (Å²) in [6, 6.07) is 11.4. The van der Waals surface area contributed by atoms with Crippen LogP contribution in [0.3, 0.4) is 0 Å². The molecule has 5 rings (SSSR count). The van der Waals surface area contributed by atoms with E-state index in [1.54, 1.807) is 18.6 Å². The number of aromatic nitrogens is 3. The molecule has 29 heavy (non-hydrogen) atoms. The Kier molecular flexibility index (Phi) is 4.15. The van der Waals surface area contributed by atoms with Gasteiger partial charge in [-0.2, -0.15) is 0 Å². The van der Waals surface area contributed by atoms with Crippen LogP contribution in [0, 0.1) is 11.3 Å². The van der Waals surface area contributed by atoms with Crippen molar-refractivity contribution in [2.75, 3.05) is 0 Å².